The van der Waals surface area contributed by atoms with Crippen molar-refractivity contribution in [3.05, 3.63) is 70.7 Å². The van der Waals surface area contributed by atoms with Gasteiger partial charge < -0.3 is 4.90 Å². The Labute approximate surface area is 204 Å². The summed E-state index contributed by atoms with van der Waals surface area (Å²) in [6, 6.07) is 19.4. The van der Waals surface area contributed by atoms with Crippen LogP contribution >= 0.6 is 11.6 Å². The molecule has 0 radical (unpaired) electrons. The van der Waals surface area contributed by atoms with E-state index in [9.17, 15) is 8.42 Å². The molecule has 1 aliphatic heterocycles. The molecule has 1 saturated carbocycles. The molecule has 7 heteroatoms. The predicted octanol–water partition coefficient (Wildman–Crippen LogP) is 4.69. The van der Waals surface area contributed by atoms with Crippen molar-refractivity contribution >= 4 is 21.6 Å². The van der Waals surface area contributed by atoms with Crippen LogP contribution in [0.1, 0.15) is 55.7 Å². The fourth-order valence-corrected chi connectivity index (χ4v) is 6.31. The molecule has 180 valence electrons. The van der Waals surface area contributed by atoms with Crippen LogP contribution in [0.3, 0.4) is 0 Å². The zero-order valence-electron chi connectivity index (χ0n) is 19.3. The summed E-state index contributed by atoms with van der Waals surface area (Å²) in [6.07, 6.45) is 5.96. The summed E-state index contributed by atoms with van der Waals surface area (Å²) in [5, 5.41) is 0.781. The minimum atomic E-state index is -3.06. The molecule has 0 spiro atoms. The molecule has 1 aliphatic carbocycles. The van der Waals surface area contributed by atoms with Crippen LogP contribution < -0.4 is 4.72 Å². The van der Waals surface area contributed by atoms with Gasteiger partial charge in [0.15, 0.2) is 0 Å². The molecular formula is C26H36ClN3O2S. The largest absolute Gasteiger partial charge is 0.301 e. The van der Waals surface area contributed by atoms with E-state index < -0.39 is 10.0 Å². The number of unbranched alkanes of at least 4 members (excludes halogenated alkanes) is 3. The highest BCUT2D eigenvalue weighted by Gasteiger charge is 2.27. The lowest BCUT2D eigenvalue weighted by Crippen LogP contribution is -2.48. The number of rotatable bonds is 12. The molecule has 0 bridgehead atoms. The SMILES string of the molecule is O=S(=O)(CCCCCCN1CCN(C(c2ccccc2)c2cccc(Cl)c2)CC1)NC1CC1. The zero-order chi connectivity index (χ0) is 23.1. The summed E-state index contributed by atoms with van der Waals surface area (Å²) in [6.45, 7) is 5.26. The molecule has 0 amide bonds. The van der Waals surface area contributed by atoms with Gasteiger partial charge in [0.05, 0.1) is 11.8 Å². The molecule has 33 heavy (non-hydrogen) atoms. The van der Waals surface area contributed by atoms with Crippen molar-refractivity contribution in [2.45, 2.75) is 50.6 Å². The van der Waals surface area contributed by atoms with E-state index in [2.05, 4.69) is 57.0 Å². The fourth-order valence-electron chi connectivity index (χ4n) is 4.67. The number of halogens is 1. The molecule has 2 aromatic carbocycles. The number of nitrogens with one attached hydrogen (secondary N) is 1. The van der Waals surface area contributed by atoms with Gasteiger partial charge in [-0.1, -0.05) is 66.9 Å². The van der Waals surface area contributed by atoms with Gasteiger partial charge in [-0.3, -0.25) is 4.90 Å². The van der Waals surface area contributed by atoms with E-state index in [0.29, 0.717) is 0 Å². The van der Waals surface area contributed by atoms with Crippen molar-refractivity contribution < 1.29 is 8.42 Å². The maximum absolute atomic E-state index is 11.9. The average Bonchev–Trinajstić information content (AvgIpc) is 3.61. The Morgan fingerprint density at radius 1 is 0.879 bits per heavy atom. The van der Waals surface area contributed by atoms with E-state index in [-0.39, 0.29) is 17.8 Å². The van der Waals surface area contributed by atoms with Gasteiger partial charge in [0.2, 0.25) is 10.0 Å². The van der Waals surface area contributed by atoms with Crippen LogP contribution in [0.25, 0.3) is 0 Å². The second-order valence-corrected chi connectivity index (χ2v) is 11.7. The molecule has 1 N–H and O–H groups in total. The lowest BCUT2D eigenvalue weighted by molar-refractivity contribution is 0.108. The van der Waals surface area contributed by atoms with Crippen LogP contribution in [-0.2, 0) is 10.0 Å². The Bertz CT molecular complexity index is 974. The van der Waals surface area contributed by atoms with Crippen LogP contribution in [0.4, 0.5) is 0 Å². The zero-order valence-corrected chi connectivity index (χ0v) is 20.9. The quantitative estimate of drug-likeness (QED) is 0.439. The molecule has 4 rings (SSSR count). The second-order valence-electron chi connectivity index (χ2n) is 9.37. The smallest absolute Gasteiger partial charge is 0.211 e. The normalized spacial score (nSPS) is 18.9. The Morgan fingerprint density at radius 2 is 1.58 bits per heavy atom. The van der Waals surface area contributed by atoms with Gasteiger partial charge in [-0.2, -0.15) is 0 Å². The summed E-state index contributed by atoms with van der Waals surface area (Å²) in [4.78, 5) is 5.11. The highest BCUT2D eigenvalue weighted by molar-refractivity contribution is 7.89. The molecule has 5 nitrogen and oxygen atoms in total. The Morgan fingerprint density at radius 3 is 2.27 bits per heavy atom. The van der Waals surface area contributed by atoms with Crippen molar-refractivity contribution in [3.8, 4) is 0 Å². The lowest BCUT2D eigenvalue weighted by atomic mass is 9.96. The molecule has 2 aliphatic rings. The Balaban J connectivity index is 1.21. The van der Waals surface area contributed by atoms with E-state index in [1.54, 1.807) is 0 Å². The van der Waals surface area contributed by atoms with Crippen molar-refractivity contribution in [1.29, 1.82) is 0 Å². The number of nitrogens with zero attached hydrogens (tertiary/aromatic N) is 2. The van der Waals surface area contributed by atoms with Gasteiger partial charge in [-0.05, 0) is 55.5 Å². The third-order valence-electron chi connectivity index (χ3n) is 6.61. The second kappa shape index (κ2) is 11.8. The van der Waals surface area contributed by atoms with Crippen LogP contribution in [-0.4, -0.2) is 62.7 Å². The van der Waals surface area contributed by atoms with Gasteiger partial charge in [-0.15, -0.1) is 0 Å². The maximum Gasteiger partial charge on any atom is 0.211 e. The van der Waals surface area contributed by atoms with Crippen molar-refractivity contribution in [1.82, 2.24) is 14.5 Å². The maximum atomic E-state index is 11.9. The summed E-state index contributed by atoms with van der Waals surface area (Å²) in [5.41, 5.74) is 2.55. The first-order chi connectivity index (χ1) is 16.0. The van der Waals surface area contributed by atoms with Crippen molar-refractivity contribution in [2.75, 3.05) is 38.5 Å². The van der Waals surface area contributed by atoms with E-state index in [1.807, 2.05) is 12.1 Å². The van der Waals surface area contributed by atoms with Gasteiger partial charge in [0.1, 0.15) is 0 Å². The number of sulfonamides is 1. The highest BCUT2D eigenvalue weighted by Crippen LogP contribution is 2.31. The van der Waals surface area contributed by atoms with Gasteiger partial charge in [-0.25, -0.2) is 13.1 Å². The summed E-state index contributed by atoms with van der Waals surface area (Å²) in [7, 11) is -3.06. The molecule has 1 heterocycles. The Kier molecular flexibility index (Phi) is 8.83. The Hall–Kier alpha value is -1.44. The molecule has 1 atom stereocenters. The minimum absolute atomic E-state index is 0.217. The first-order valence-electron chi connectivity index (χ1n) is 12.3. The van der Waals surface area contributed by atoms with E-state index in [1.165, 1.54) is 11.1 Å². The molecule has 0 aromatic heterocycles. The molecule has 1 unspecified atom stereocenters. The van der Waals surface area contributed by atoms with Crippen molar-refractivity contribution in [2.24, 2.45) is 0 Å². The third-order valence-corrected chi connectivity index (χ3v) is 8.37. The number of hydrogen-bond acceptors (Lipinski definition) is 4. The van der Waals surface area contributed by atoms with Gasteiger partial charge >= 0.3 is 0 Å². The van der Waals surface area contributed by atoms with Gasteiger partial charge in [0, 0.05) is 37.2 Å². The number of piperazine rings is 1. The van der Waals surface area contributed by atoms with Gasteiger partial charge in [0.25, 0.3) is 0 Å². The van der Waals surface area contributed by atoms with Crippen LogP contribution in [0.5, 0.6) is 0 Å². The topological polar surface area (TPSA) is 52.7 Å². The molecule has 1 saturated heterocycles. The molecular weight excluding hydrogens is 454 g/mol. The molecule has 2 aromatic rings. The summed E-state index contributed by atoms with van der Waals surface area (Å²) in [5.74, 6) is 0.270. The fraction of sp³-hybridized carbons (Fsp3) is 0.538. The predicted molar refractivity (Wildman–Crippen MR) is 136 cm³/mol. The number of benzene rings is 2. The van der Waals surface area contributed by atoms with E-state index in [4.69, 9.17) is 11.6 Å². The lowest BCUT2D eigenvalue weighted by Gasteiger charge is -2.40. The molecule has 2 fully saturated rings. The standard InChI is InChI=1S/C26H36ClN3O2S/c27-24-12-8-11-23(21-24)26(22-9-4-3-5-10-22)30-18-16-29(17-19-30)15-6-1-2-7-20-33(31,32)28-25-13-14-25/h3-5,8-12,21,25-26,28H,1-2,6-7,13-20H2. The van der Waals surface area contributed by atoms with E-state index >= 15 is 0 Å². The van der Waals surface area contributed by atoms with Crippen LogP contribution in [0, 0.1) is 0 Å². The van der Waals surface area contributed by atoms with Crippen LogP contribution in [0.2, 0.25) is 5.02 Å². The van der Waals surface area contributed by atoms with E-state index in [0.717, 1.165) is 76.3 Å². The van der Waals surface area contributed by atoms with Crippen LogP contribution in [0.15, 0.2) is 54.6 Å². The number of hydrogen-bond donors (Lipinski definition) is 1. The first-order valence-corrected chi connectivity index (χ1v) is 14.3. The van der Waals surface area contributed by atoms with Crippen molar-refractivity contribution in [3.63, 3.8) is 0 Å². The average molecular weight is 490 g/mol. The monoisotopic (exact) mass is 489 g/mol. The third kappa shape index (κ3) is 7.79. The summed E-state index contributed by atoms with van der Waals surface area (Å²) < 4.78 is 26.6. The summed E-state index contributed by atoms with van der Waals surface area (Å²) >= 11 is 6.32. The minimum Gasteiger partial charge on any atom is -0.301 e. The first kappa shape index (κ1) is 24.7. The highest BCUT2D eigenvalue weighted by atomic mass is 35.5.